The van der Waals surface area contributed by atoms with E-state index in [1.54, 1.807) is 18.2 Å². The highest BCUT2D eigenvalue weighted by atomic mass is 79.9. The van der Waals surface area contributed by atoms with Gasteiger partial charge in [0.15, 0.2) is 5.41 Å². The fourth-order valence-corrected chi connectivity index (χ4v) is 4.92. The van der Waals surface area contributed by atoms with Crippen molar-refractivity contribution < 1.29 is 28.3 Å². The molecule has 0 N–H and O–H groups in total. The van der Waals surface area contributed by atoms with Gasteiger partial charge in [0.2, 0.25) is 0 Å². The lowest BCUT2D eigenvalue weighted by atomic mass is 9.72. The third-order valence-corrected chi connectivity index (χ3v) is 6.83. The molecule has 1 spiro atoms. The summed E-state index contributed by atoms with van der Waals surface area (Å²) in [5.41, 5.74) is -0.892. The minimum absolute atomic E-state index is 0.107. The summed E-state index contributed by atoms with van der Waals surface area (Å²) >= 11 is 3.18. The van der Waals surface area contributed by atoms with Crippen LogP contribution in [-0.4, -0.2) is 52.5 Å². The summed E-state index contributed by atoms with van der Waals surface area (Å²) in [6.45, 7) is 0.492. The number of nitrogens with zero attached hydrogens (tertiary/aromatic N) is 3. The van der Waals surface area contributed by atoms with Gasteiger partial charge in [-0.2, -0.15) is 10.1 Å². The lowest BCUT2D eigenvalue weighted by Gasteiger charge is -2.37. The Labute approximate surface area is 202 Å². The van der Waals surface area contributed by atoms with E-state index in [2.05, 4.69) is 21.0 Å². The van der Waals surface area contributed by atoms with Gasteiger partial charge in [0.1, 0.15) is 5.82 Å². The molecule has 5 rings (SSSR count). The van der Waals surface area contributed by atoms with Crippen molar-refractivity contribution in [3.8, 4) is 0 Å². The van der Waals surface area contributed by atoms with Crippen molar-refractivity contribution in [3.63, 3.8) is 0 Å². The van der Waals surface area contributed by atoms with Crippen LogP contribution in [0.25, 0.3) is 0 Å². The smallest absolute Gasteiger partial charge is 0.270 e. The number of fused-ring (bicyclic) bond motifs is 2. The summed E-state index contributed by atoms with van der Waals surface area (Å²) in [5, 5.41) is 5.01. The van der Waals surface area contributed by atoms with Crippen molar-refractivity contribution in [2.24, 2.45) is 5.10 Å². The van der Waals surface area contributed by atoms with Gasteiger partial charge >= 0.3 is 0 Å². The molecule has 3 aliphatic heterocycles. The molecule has 10 heteroatoms. The molecule has 0 aromatic heterocycles. The van der Waals surface area contributed by atoms with Gasteiger partial charge in [-0.05, 0) is 23.8 Å². The molecular weight excluding hydrogens is 509 g/mol. The average Bonchev–Trinajstić information content (AvgIpc) is 3.08. The molecule has 0 radical (unpaired) electrons. The van der Waals surface area contributed by atoms with E-state index in [4.69, 9.17) is 4.74 Å². The topological polar surface area (TPSA) is 96.3 Å². The van der Waals surface area contributed by atoms with E-state index < -0.39 is 41.3 Å². The Kier molecular flexibility index (Phi) is 5.65. The normalized spacial score (nSPS) is 22.6. The third-order valence-electron chi connectivity index (χ3n) is 6.34. The van der Waals surface area contributed by atoms with Crippen molar-refractivity contribution in [2.45, 2.75) is 31.2 Å². The molecule has 0 aliphatic carbocycles. The number of hydrogen-bond donors (Lipinski definition) is 0. The van der Waals surface area contributed by atoms with E-state index in [9.17, 15) is 23.6 Å². The van der Waals surface area contributed by atoms with E-state index >= 15 is 0 Å². The maximum atomic E-state index is 14.5. The lowest BCUT2D eigenvalue weighted by molar-refractivity contribution is -0.146. The van der Waals surface area contributed by atoms with E-state index in [-0.39, 0.29) is 23.2 Å². The first-order valence-corrected chi connectivity index (χ1v) is 11.5. The largest absolute Gasteiger partial charge is 0.381 e. The van der Waals surface area contributed by atoms with Gasteiger partial charge in [0, 0.05) is 34.2 Å². The number of carbonyl (C=O) groups excluding carboxylic acids is 4. The molecule has 8 nitrogen and oxygen atoms in total. The van der Waals surface area contributed by atoms with Crippen molar-refractivity contribution in [1.82, 2.24) is 9.91 Å². The van der Waals surface area contributed by atoms with Crippen LogP contribution in [0.4, 0.5) is 4.39 Å². The quantitative estimate of drug-likeness (QED) is 0.451. The van der Waals surface area contributed by atoms with Crippen LogP contribution in [0.3, 0.4) is 0 Å². The third kappa shape index (κ3) is 3.48. The molecule has 34 heavy (non-hydrogen) atoms. The average molecular weight is 528 g/mol. The number of halogens is 2. The number of benzene rings is 2. The second-order valence-corrected chi connectivity index (χ2v) is 9.26. The van der Waals surface area contributed by atoms with Crippen molar-refractivity contribution >= 4 is 45.3 Å². The molecule has 2 saturated heterocycles. The van der Waals surface area contributed by atoms with Crippen LogP contribution in [-0.2, 0) is 31.1 Å². The standard InChI is InChI=1S/C24H19BrFN3O5/c25-15-6-5-14(19(26)11-15)13-28-21(31)17-3-1-2-4-18(17)24(22(28)32)12-20(30)29(23(24)33)27-16-7-9-34-10-8-16/h1-6,11H,7-10,12-13H2. The van der Waals surface area contributed by atoms with Gasteiger partial charge < -0.3 is 4.74 Å². The van der Waals surface area contributed by atoms with Crippen molar-refractivity contribution in [2.75, 3.05) is 13.2 Å². The van der Waals surface area contributed by atoms with Gasteiger partial charge in [0.25, 0.3) is 23.6 Å². The number of hydrazone groups is 1. The number of carbonyl (C=O) groups is 4. The van der Waals surface area contributed by atoms with Crippen LogP contribution in [0.2, 0.25) is 0 Å². The Morgan fingerprint density at radius 1 is 1.03 bits per heavy atom. The molecule has 3 heterocycles. The molecule has 0 saturated carbocycles. The summed E-state index contributed by atoms with van der Waals surface area (Å²) in [6.07, 6.45) is 0.492. The number of ether oxygens (including phenoxy) is 1. The molecule has 1 atom stereocenters. The molecule has 3 aliphatic rings. The molecular formula is C24H19BrFN3O5. The summed E-state index contributed by atoms with van der Waals surface area (Å²) < 4.78 is 20.3. The van der Waals surface area contributed by atoms with Crippen LogP contribution >= 0.6 is 15.9 Å². The fraction of sp³-hybridized carbons (Fsp3) is 0.292. The Hall–Kier alpha value is -3.24. The zero-order valence-corrected chi connectivity index (χ0v) is 19.5. The van der Waals surface area contributed by atoms with Gasteiger partial charge in [-0.25, -0.2) is 4.39 Å². The maximum Gasteiger partial charge on any atom is 0.270 e. The number of hydrogen-bond acceptors (Lipinski definition) is 6. The Morgan fingerprint density at radius 2 is 1.76 bits per heavy atom. The minimum Gasteiger partial charge on any atom is -0.381 e. The Morgan fingerprint density at radius 3 is 2.50 bits per heavy atom. The molecule has 2 aromatic rings. The monoisotopic (exact) mass is 527 g/mol. The maximum absolute atomic E-state index is 14.5. The second kappa shape index (κ2) is 8.52. The summed E-state index contributed by atoms with van der Waals surface area (Å²) in [6, 6.07) is 10.5. The summed E-state index contributed by atoms with van der Waals surface area (Å²) in [5.74, 6) is -3.54. The molecule has 0 bridgehead atoms. The van der Waals surface area contributed by atoms with Crippen LogP contribution in [0.5, 0.6) is 0 Å². The number of rotatable bonds is 3. The first-order chi connectivity index (χ1) is 16.3. The van der Waals surface area contributed by atoms with Gasteiger partial charge in [0.05, 0.1) is 26.2 Å². The predicted molar refractivity (Wildman–Crippen MR) is 121 cm³/mol. The predicted octanol–water partition coefficient (Wildman–Crippen LogP) is 2.93. The Balaban J connectivity index is 1.59. The van der Waals surface area contributed by atoms with Gasteiger partial charge in [-0.3, -0.25) is 24.1 Å². The van der Waals surface area contributed by atoms with E-state index in [0.717, 1.165) is 9.91 Å². The van der Waals surface area contributed by atoms with E-state index in [0.29, 0.717) is 36.2 Å². The van der Waals surface area contributed by atoms with Gasteiger partial charge in [-0.1, -0.05) is 40.2 Å². The SMILES string of the molecule is O=C1c2ccccc2C2(CC(=O)N(N=C3CCOCC3)C2=O)C(=O)N1Cc1ccc(Br)cc1F. The van der Waals surface area contributed by atoms with Crippen LogP contribution in [0.1, 0.15) is 40.7 Å². The highest BCUT2D eigenvalue weighted by Crippen LogP contribution is 2.44. The van der Waals surface area contributed by atoms with Crippen LogP contribution in [0, 0.1) is 5.82 Å². The Bertz CT molecular complexity index is 1270. The zero-order valence-electron chi connectivity index (χ0n) is 17.9. The fourth-order valence-electron chi connectivity index (χ4n) is 4.59. The van der Waals surface area contributed by atoms with Crippen molar-refractivity contribution in [3.05, 3.63) is 69.4 Å². The van der Waals surface area contributed by atoms with Crippen LogP contribution < -0.4 is 0 Å². The van der Waals surface area contributed by atoms with E-state index in [1.165, 1.54) is 24.3 Å². The summed E-state index contributed by atoms with van der Waals surface area (Å²) in [7, 11) is 0. The van der Waals surface area contributed by atoms with E-state index in [1.807, 2.05) is 0 Å². The zero-order chi connectivity index (χ0) is 24.0. The highest BCUT2D eigenvalue weighted by Gasteiger charge is 2.63. The number of imide groups is 2. The molecule has 1 unspecified atom stereocenters. The number of amides is 4. The lowest BCUT2D eigenvalue weighted by Crippen LogP contribution is -2.57. The highest BCUT2D eigenvalue weighted by molar-refractivity contribution is 9.10. The molecule has 4 amide bonds. The molecule has 2 aromatic carbocycles. The van der Waals surface area contributed by atoms with Gasteiger partial charge in [-0.15, -0.1) is 0 Å². The first-order valence-electron chi connectivity index (χ1n) is 10.7. The molecule has 2 fully saturated rings. The second-order valence-electron chi connectivity index (χ2n) is 8.35. The minimum atomic E-state index is -1.93. The van der Waals surface area contributed by atoms with Crippen molar-refractivity contribution in [1.29, 1.82) is 0 Å². The van der Waals surface area contributed by atoms with Crippen LogP contribution in [0.15, 0.2) is 52.0 Å². The summed E-state index contributed by atoms with van der Waals surface area (Å²) in [4.78, 5) is 54.6. The first kappa shape index (κ1) is 22.5. The molecule has 174 valence electrons.